The van der Waals surface area contributed by atoms with Crippen LogP contribution in [0, 0.1) is 6.92 Å². The lowest BCUT2D eigenvalue weighted by atomic mass is 10.1. The monoisotopic (exact) mass is 295 g/mol. The third-order valence-corrected chi connectivity index (χ3v) is 2.92. The Bertz CT molecular complexity index is 510. The summed E-state index contributed by atoms with van der Waals surface area (Å²) in [5, 5.41) is 7.14. The Morgan fingerprint density at radius 1 is 1.41 bits per heavy atom. The van der Waals surface area contributed by atoms with Gasteiger partial charge >= 0.3 is 0 Å². The Hall–Kier alpha value is -1.20. The first-order valence-corrected chi connectivity index (χ1v) is 6.30. The zero-order valence-electron chi connectivity index (χ0n) is 9.83. The highest BCUT2D eigenvalue weighted by Crippen LogP contribution is 2.23. The molecule has 0 fully saturated rings. The molecule has 0 spiro atoms. The van der Waals surface area contributed by atoms with Crippen LogP contribution < -0.4 is 5.32 Å². The Balaban J connectivity index is 2.24. The van der Waals surface area contributed by atoms with E-state index in [9.17, 15) is 0 Å². The van der Waals surface area contributed by atoms with Gasteiger partial charge in [0.25, 0.3) is 0 Å². The first-order chi connectivity index (χ1) is 8.20. The summed E-state index contributed by atoms with van der Waals surface area (Å²) in [4.78, 5) is 4.35. The molecule has 0 saturated carbocycles. The summed E-state index contributed by atoms with van der Waals surface area (Å²) >= 11 is 3.43. The van der Waals surface area contributed by atoms with Crippen LogP contribution in [0.15, 0.2) is 27.2 Å². The van der Waals surface area contributed by atoms with Crippen LogP contribution >= 0.6 is 15.9 Å². The van der Waals surface area contributed by atoms with E-state index in [0.717, 1.165) is 22.1 Å². The molecule has 2 rings (SSSR count). The van der Waals surface area contributed by atoms with Crippen LogP contribution in [0.4, 0.5) is 0 Å². The van der Waals surface area contributed by atoms with Crippen molar-refractivity contribution in [2.45, 2.75) is 20.4 Å². The zero-order chi connectivity index (χ0) is 12.3. The molecule has 0 saturated heterocycles. The summed E-state index contributed by atoms with van der Waals surface area (Å²) in [6.07, 6.45) is 0. The first-order valence-electron chi connectivity index (χ1n) is 5.50. The predicted molar refractivity (Wildman–Crippen MR) is 69.6 cm³/mol. The summed E-state index contributed by atoms with van der Waals surface area (Å²) in [5.74, 6) is 1.26. The molecule has 5 heteroatoms. The number of halogens is 1. The molecule has 0 aliphatic rings. The molecule has 1 aromatic heterocycles. The van der Waals surface area contributed by atoms with Crippen LogP contribution in [0.1, 0.15) is 18.4 Å². The lowest BCUT2D eigenvalue weighted by molar-refractivity contribution is 0.369. The number of nitrogens with zero attached hydrogens (tertiary/aromatic N) is 2. The highest BCUT2D eigenvalue weighted by Gasteiger charge is 2.10. The molecule has 0 unspecified atom stereocenters. The van der Waals surface area contributed by atoms with E-state index in [-0.39, 0.29) is 0 Å². The maximum atomic E-state index is 5.17. The van der Waals surface area contributed by atoms with Gasteiger partial charge < -0.3 is 9.84 Å². The maximum absolute atomic E-state index is 5.17. The van der Waals surface area contributed by atoms with Gasteiger partial charge in [0.2, 0.25) is 11.7 Å². The van der Waals surface area contributed by atoms with Crippen molar-refractivity contribution in [3.63, 3.8) is 0 Å². The molecule has 1 N–H and O–H groups in total. The van der Waals surface area contributed by atoms with Crippen LogP contribution in [-0.2, 0) is 6.54 Å². The van der Waals surface area contributed by atoms with Crippen molar-refractivity contribution in [1.29, 1.82) is 0 Å². The molecule has 1 aromatic carbocycles. The van der Waals surface area contributed by atoms with E-state index >= 15 is 0 Å². The lowest BCUT2D eigenvalue weighted by Gasteiger charge is -2.00. The van der Waals surface area contributed by atoms with Gasteiger partial charge in [-0.2, -0.15) is 4.98 Å². The van der Waals surface area contributed by atoms with Crippen molar-refractivity contribution in [3.8, 4) is 11.4 Å². The van der Waals surface area contributed by atoms with Crippen molar-refractivity contribution in [2.75, 3.05) is 6.54 Å². The average molecular weight is 296 g/mol. The number of aromatic nitrogens is 2. The Kier molecular flexibility index (Phi) is 3.91. The second-order valence-corrected chi connectivity index (χ2v) is 4.67. The Morgan fingerprint density at radius 2 is 2.24 bits per heavy atom. The predicted octanol–water partition coefficient (Wildman–Crippen LogP) is 2.92. The van der Waals surface area contributed by atoms with Crippen LogP contribution in [0.5, 0.6) is 0 Å². The van der Waals surface area contributed by atoms with Crippen LogP contribution in [0.2, 0.25) is 0 Å². The third kappa shape index (κ3) is 2.92. The molecule has 90 valence electrons. The van der Waals surface area contributed by atoms with E-state index in [4.69, 9.17) is 4.52 Å². The number of hydrogen-bond acceptors (Lipinski definition) is 4. The van der Waals surface area contributed by atoms with E-state index in [1.54, 1.807) is 0 Å². The molecule has 0 aliphatic heterocycles. The number of hydrogen-bond donors (Lipinski definition) is 1. The van der Waals surface area contributed by atoms with Gasteiger partial charge in [0.15, 0.2) is 0 Å². The van der Waals surface area contributed by atoms with Gasteiger partial charge in [-0.1, -0.05) is 28.0 Å². The molecular weight excluding hydrogens is 282 g/mol. The molecule has 0 radical (unpaired) electrons. The summed E-state index contributed by atoms with van der Waals surface area (Å²) in [7, 11) is 0. The average Bonchev–Trinajstić information content (AvgIpc) is 2.75. The standard InChI is InChI=1S/C12H14BrN3O/c1-3-14-7-11-15-12(16-17-11)10-5-4-9(13)6-8(10)2/h4-6,14H,3,7H2,1-2H3. The van der Waals surface area contributed by atoms with Crippen molar-refractivity contribution >= 4 is 15.9 Å². The molecule has 0 atom stereocenters. The Labute approximate surface area is 109 Å². The van der Waals surface area contributed by atoms with E-state index in [2.05, 4.69) is 31.4 Å². The molecule has 1 heterocycles. The smallest absolute Gasteiger partial charge is 0.240 e. The molecule has 0 bridgehead atoms. The van der Waals surface area contributed by atoms with Crippen molar-refractivity contribution < 1.29 is 4.52 Å². The van der Waals surface area contributed by atoms with Gasteiger partial charge in [-0.15, -0.1) is 0 Å². The molecular formula is C12H14BrN3O. The highest BCUT2D eigenvalue weighted by molar-refractivity contribution is 9.10. The minimum absolute atomic E-state index is 0.610. The van der Waals surface area contributed by atoms with Crippen LogP contribution in [0.3, 0.4) is 0 Å². The second kappa shape index (κ2) is 5.42. The van der Waals surface area contributed by atoms with Gasteiger partial charge in [0.05, 0.1) is 6.54 Å². The minimum Gasteiger partial charge on any atom is -0.338 e. The van der Waals surface area contributed by atoms with Crippen LogP contribution in [-0.4, -0.2) is 16.7 Å². The maximum Gasteiger partial charge on any atom is 0.240 e. The zero-order valence-corrected chi connectivity index (χ0v) is 11.4. The van der Waals surface area contributed by atoms with Gasteiger partial charge in [-0.05, 0) is 37.2 Å². The van der Waals surface area contributed by atoms with Crippen LogP contribution in [0.25, 0.3) is 11.4 Å². The van der Waals surface area contributed by atoms with E-state index in [0.29, 0.717) is 18.3 Å². The SMILES string of the molecule is CCNCc1nc(-c2ccc(Br)cc2C)no1. The van der Waals surface area contributed by atoms with Crippen molar-refractivity contribution in [1.82, 2.24) is 15.5 Å². The highest BCUT2D eigenvalue weighted by atomic mass is 79.9. The fourth-order valence-corrected chi connectivity index (χ4v) is 2.02. The molecule has 4 nitrogen and oxygen atoms in total. The quantitative estimate of drug-likeness (QED) is 0.942. The first kappa shape index (κ1) is 12.3. The number of benzene rings is 1. The van der Waals surface area contributed by atoms with Crippen molar-refractivity contribution in [2.24, 2.45) is 0 Å². The molecule has 17 heavy (non-hydrogen) atoms. The van der Waals surface area contributed by atoms with E-state index in [1.807, 2.05) is 32.0 Å². The number of rotatable bonds is 4. The van der Waals surface area contributed by atoms with E-state index in [1.165, 1.54) is 0 Å². The summed E-state index contributed by atoms with van der Waals surface area (Å²) in [6, 6.07) is 6.00. The fraction of sp³-hybridized carbons (Fsp3) is 0.333. The summed E-state index contributed by atoms with van der Waals surface area (Å²) in [5.41, 5.74) is 2.12. The normalized spacial score (nSPS) is 10.8. The topological polar surface area (TPSA) is 51.0 Å². The summed E-state index contributed by atoms with van der Waals surface area (Å²) < 4.78 is 6.22. The van der Waals surface area contributed by atoms with Gasteiger partial charge in [-0.3, -0.25) is 0 Å². The second-order valence-electron chi connectivity index (χ2n) is 3.75. The van der Waals surface area contributed by atoms with Crippen molar-refractivity contribution in [3.05, 3.63) is 34.1 Å². The van der Waals surface area contributed by atoms with E-state index < -0.39 is 0 Å². The third-order valence-electron chi connectivity index (χ3n) is 2.42. The largest absolute Gasteiger partial charge is 0.338 e. The van der Waals surface area contributed by atoms with Gasteiger partial charge in [-0.25, -0.2) is 0 Å². The van der Waals surface area contributed by atoms with Gasteiger partial charge in [0, 0.05) is 10.0 Å². The molecule has 0 aliphatic carbocycles. The minimum atomic E-state index is 0.610. The Morgan fingerprint density at radius 3 is 2.94 bits per heavy atom. The lowest BCUT2D eigenvalue weighted by Crippen LogP contribution is -2.11. The number of nitrogens with one attached hydrogen (secondary N) is 1. The number of aryl methyl sites for hydroxylation is 1. The molecule has 0 amide bonds. The molecule has 2 aromatic rings. The van der Waals surface area contributed by atoms with Gasteiger partial charge in [0.1, 0.15) is 0 Å². The summed E-state index contributed by atoms with van der Waals surface area (Å²) in [6.45, 7) is 5.56. The fourth-order valence-electron chi connectivity index (χ4n) is 1.55.